The molecule has 3 amide bonds. The molecule has 1 fully saturated rings. The molecule has 1 saturated heterocycles. The highest BCUT2D eigenvalue weighted by Gasteiger charge is 2.36. The van der Waals surface area contributed by atoms with Crippen LogP contribution in [0.15, 0.2) is 63.9 Å². The maximum absolute atomic E-state index is 12.5. The van der Waals surface area contributed by atoms with Crippen LogP contribution in [0.3, 0.4) is 0 Å². The average molecular weight is 504 g/mol. The lowest BCUT2D eigenvalue weighted by atomic mass is 10.1. The first-order valence-corrected chi connectivity index (χ1v) is 10.2. The van der Waals surface area contributed by atoms with Gasteiger partial charge in [-0.1, -0.05) is 36.4 Å². The first kappa shape index (κ1) is 18.8. The number of amides is 3. The zero-order chi connectivity index (χ0) is 19.7. The van der Waals surface area contributed by atoms with Gasteiger partial charge in [0.15, 0.2) is 3.77 Å². The molecule has 0 bridgehead atoms. The second-order valence-electron chi connectivity index (χ2n) is 5.98. The van der Waals surface area contributed by atoms with Crippen molar-refractivity contribution in [2.45, 2.75) is 0 Å². The molecule has 28 heavy (non-hydrogen) atoms. The Morgan fingerprint density at radius 3 is 2.68 bits per heavy atom. The van der Waals surface area contributed by atoms with Gasteiger partial charge in [-0.2, -0.15) is 0 Å². The van der Waals surface area contributed by atoms with Crippen LogP contribution in [0.2, 0.25) is 0 Å². The molecule has 0 aliphatic carbocycles. The van der Waals surface area contributed by atoms with Crippen molar-refractivity contribution < 1.29 is 18.8 Å². The average Bonchev–Trinajstić information content (AvgIpc) is 3.20. The van der Waals surface area contributed by atoms with Gasteiger partial charge in [0.1, 0.15) is 12.3 Å². The lowest BCUT2D eigenvalue weighted by Gasteiger charge is -2.13. The van der Waals surface area contributed by atoms with Crippen LogP contribution in [0.4, 0.5) is 10.5 Å². The molecular formula is C20H13IN2O4S. The molecule has 1 N–H and O–H groups in total. The third-order valence-corrected chi connectivity index (χ3v) is 5.59. The van der Waals surface area contributed by atoms with E-state index < -0.39 is 17.1 Å². The third kappa shape index (κ3) is 3.83. The molecule has 2 heterocycles. The summed E-state index contributed by atoms with van der Waals surface area (Å²) in [5, 5.41) is 4.18. The predicted molar refractivity (Wildman–Crippen MR) is 117 cm³/mol. The van der Waals surface area contributed by atoms with E-state index in [1.807, 2.05) is 59.0 Å². The number of thioether (sulfide) groups is 1. The third-order valence-electron chi connectivity index (χ3n) is 4.11. The van der Waals surface area contributed by atoms with Gasteiger partial charge in [-0.3, -0.25) is 19.3 Å². The minimum atomic E-state index is -0.505. The van der Waals surface area contributed by atoms with E-state index in [0.29, 0.717) is 15.2 Å². The fourth-order valence-corrected chi connectivity index (χ4v) is 4.09. The highest BCUT2D eigenvalue weighted by molar-refractivity contribution is 14.1. The number of hydrogen-bond donors (Lipinski definition) is 1. The Morgan fingerprint density at radius 1 is 1.11 bits per heavy atom. The number of rotatable bonds is 4. The summed E-state index contributed by atoms with van der Waals surface area (Å²) in [6.45, 7) is -0.346. The predicted octanol–water partition coefficient (Wildman–Crippen LogP) is 4.71. The van der Waals surface area contributed by atoms with Crippen molar-refractivity contribution in [3.8, 4) is 0 Å². The Morgan fingerprint density at radius 2 is 1.89 bits per heavy atom. The van der Waals surface area contributed by atoms with Gasteiger partial charge in [0.2, 0.25) is 5.91 Å². The van der Waals surface area contributed by atoms with Crippen LogP contribution < -0.4 is 5.32 Å². The van der Waals surface area contributed by atoms with E-state index in [9.17, 15) is 14.4 Å². The Kier molecular flexibility index (Phi) is 5.23. The van der Waals surface area contributed by atoms with Gasteiger partial charge < -0.3 is 9.73 Å². The number of benzene rings is 2. The molecule has 140 valence electrons. The van der Waals surface area contributed by atoms with Crippen molar-refractivity contribution in [2.24, 2.45) is 0 Å². The van der Waals surface area contributed by atoms with Crippen LogP contribution in [-0.4, -0.2) is 28.5 Å². The molecule has 1 aromatic heterocycles. The maximum Gasteiger partial charge on any atom is 0.294 e. The SMILES string of the molecule is O=C(CN1C(=O)S/C(=C/c2ccc(I)o2)C1=O)Nc1cccc2ccccc12. The lowest BCUT2D eigenvalue weighted by molar-refractivity contribution is -0.127. The number of carbonyl (C=O) groups is 3. The molecule has 0 unspecified atom stereocenters. The van der Waals surface area contributed by atoms with Crippen molar-refractivity contribution in [3.05, 3.63) is 69.0 Å². The summed E-state index contributed by atoms with van der Waals surface area (Å²) in [6.07, 6.45) is 1.51. The second-order valence-corrected chi connectivity index (χ2v) is 8.04. The Labute approximate surface area is 178 Å². The van der Waals surface area contributed by atoms with Crippen molar-refractivity contribution in [2.75, 3.05) is 11.9 Å². The van der Waals surface area contributed by atoms with Crippen molar-refractivity contribution >= 4 is 73.9 Å². The topological polar surface area (TPSA) is 79.6 Å². The van der Waals surface area contributed by atoms with Gasteiger partial charge in [-0.15, -0.1) is 0 Å². The number of carbonyl (C=O) groups excluding carboxylic acids is 3. The summed E-state index contributed by atoms with van der Waals surface area (Å²) in [7, 11) is 0. The summed E-state index contributed by atoms with van der Waals surface area (Å²) in [6, 6.07) is 16.7. The highest BCUT2D eigenvalue weighted by atomic mass is 127. The molecule has 1 aliphatic heterocycles. The molecule has 0 spiro atoms. The van der Waals surface area contributed by atoms with E-state index in [4.69, 9.17) is 4.42 Å². The Bertz CT molecular complexity index is 1130. The van der Waals surface area contributed by atoms with Crippen LogP contribution >= 0.6 is 34.4 Å². The minimum absolute atomic E-state index is 0.230. The van der Waals surface area contributed by atoms with Gasteiger partial charge in [0.05, 0.1) is 4.91 Å². The van der Waals surface area contributed by atoms with E-state index in [0.717, 1.165) is 27.4 Å². The number of furan rings is 1. The second kappa shape index (κ2) is 7.80. The van der Waals surface area contributed by atoms with Gasteiger partial charge in [-0.05, 0) is 57.9 Å². The normalized spacial score (nSPS) is 15.6. The van der Waals surface area contributed by atoms with Crippen molar-refractivity contribution in [1.29, 1.82) is 0 Å². The Balaban J connectivity index is 1.49. The summed E-state index contributed by atoms with van der Waals surface area (Å²) in [4.78, 5) is 38.4. The standard InChI is InChI=1S/C20H13IN2O4S/c21-17-9-8-13(27-17)10-16-19(25)23(20(26)28-16)11-18(24)22-15-7-3-5-12-4-1-2-6-14(12)15/h1-10H,11H2,(H,22,24)/b16-10+. The van der Waals surface area contributed by atoms with Crippen LogP contribution in [0, 0.1) is 3.77 Å². The monoisotopic (exact) mass is 504 g/mol. The van der Waals surface area contributed by atoms with E-state index >= 15 is 0 Å². The highest BCUT2D eigenvalue weighted by Crippen LogP contribution is 2.32. The van der Waals surface area contributed by atoms with Crippen LogP contribution in [0.1, 0.15) is 5.76 Å². The minimum Gasteiger partial charge on any atom is -0.451 e. The summed E-state index contributed by atoms with van der Waals surface area (Å²) >= 11 is 2.81. The first-order valence-electron chi connectivity index (χ1n) is 8.29. The number of hydrogen-bond acceptors (Lipinski definition) is 5. The molecule has 6 nitrogen and oxygen atoms in total. The van der Waals surface area contributed by atoms with Crippen LogP contribution in [-0.2, 0) is 9.59 Å². The molecule has 4 rings (SSSR count). The summed E-state index contributed by atoms with van der Waals surface area (Å²) in [5.74, 6) is -0.461. The molecule has 0 radical (unpaired) electrons. The lowest BCUT2D eigenvalue weighted by Crippen LogP contribution is -2.36. The summed E-state index contributed by atoms with van der Waals surface area (Å²) in [5.41, 5.74) is 0.635. The quantitative estimate of drug-likeness (QED) is 0.411. The maximum atomic E-state index is 12.5. The van der Waals surface area contributed by atoms with Crippen LogP contribution in [0.25, 0.3) is 16.8 Å². The van der Waals surface area contributed by atoms with E-state index in [1.165, 1.54) is 6.08 Å². The number of halogens is 1. The van der Waals surface area contributed by atoms with Gasteiger partial charge in [0.25, 0.3) is 11.1 Å². The number of nitrogens with one attached hydrogen (secondary N) is 1. The molecule has 2 aromatic carbocycles. The number of imide groups is 1. The molecular weight excluding hydrogens is 491 g/mol. The van der Waals surface area contributed by atoms with E-state index in [-0.39, 0.29) is 11.4 Å². The molecule has 1 aliphatic rings. The first-order chi connectivity index (χ1) is 13.5. The molecule has 0 saturated carbocycles. The van der Waals surface area contributed by atoms with Crippen molar-refractivity contribution in [1.82, 2.24) is 4.90 Å². The number of nitrogens with zero attached hydrogens (tertiary/aromatic N) is 1. The Hall–Kier alpha value is -2.59. The van der Waals surface area contributed by atoms with Crippen molar-refractivity contribution in [3.63, 3.8) is 0 Å². The fraction of sp³-hybridized carbons (Fsp3) is 0.0500. The zero-order valence-corrected chi connectivity index (χ0v) is 17.3. The van der Waals surface area contributed by atoms with Gasteiger partial charge >= 0.3 is 0 Å². The summed E-state index contributed by atoms with van der Waals surface area (Å²) < 4.78 is 6.08. The molecule has 8 heteroatoms. The molecule has 0 atom stereocenters. The fourth-order valence-electron chi connectivity index (χ4n) is 2.84. The number of fused-ring (bicyclic) bond motifs is 1. The van der Waals surface area contributed by atoms with Gasteiger partial charge in [-0.25, -0.2) is 0 Å². The van der Waals surface area contributed by atoms with E-state index in [1.54, 1.807) is 18.2 Å². The van der Waals surface area contributed by atoms with E-state index in [2.05, 4.69) is 5.32 Å². The number of anilines is 1. The van der Waals surface area contributed by atoms with Crippen LogP contribution in [0.5, 0.6) is 0 Å². The largest absolute Gasteiger partial charge is 0.451 e. The zero-order valence-electron chi connectivity index (χ0n) is 14.3. The smallest absolute Gasteiger partial charge is 0.294 e. The molecule has 3 aromatic rings. The van der Waals surface area contributed by atoms with Gasteiger partial charge in [0, 0.05) is 17.1 Å².